The van der Waals surface area contributed by atoms with Gasteiger partial charge in [0.05, 0.1) is 34.8 Å². The molecule has 248 valence electrons. The molecule has 0 radical (unpaired) electrons. The molecule has 4 rings (SSSR count). The van der Waals surface area contributed by atoms with Crippen molar-refractivity contribution in [2.75, 3.05) is 25.1 Å². The monoisotopic (exact) mass is 689 g/mol. The first-order valence-electron chi connectivity index (χ1n) is 15.3. The molecule has 0 aliphatic heterocycles. The second kappa shape index (κ2) is 15.9. The standard InChI is InChI=1S/C34H41Cl2N3O6S/c1-5-30(34(41)37-25-9-7-6-8-10-25)38(21-24-13-17-28(35)29(36)19-24)33(40)22-39(26-14-18-31(44-3)32(20-26)45-4)46(42,43)27-15-11-23(2)12-16-27/h11-20,25,30H,5-10,21-22H2,1-4H3,(H,37,41)/t30-/m0/s1. The normalized spacial score (nSPS) is 14.3. The van der Waals surface area contributed by atoms with E-state index in [4.69, 9.17) is 32.7 Å². The highest BCUT2D eigenvalue weighted by molar-refractivity contribution is 7.92. The highest BCUT2D eigenvalue weighted by atomic mass is 35.5. The van der Waals surface area contributed by atoms with Gasteiger partial charge in [0, 0.05) is 18.7 Å². The number of amides is 2. The summed E-state index contributed by atoms with van der Waals surface area (Å²) in [6.45, 7) is 3.11. The van der Waals surface area contributed by atoms with Crippen molar-refractivity contribution in [3.05, 3.63) is 81.8 Å². The van der Waals surface area contributed by atoms with Gasteiger partial charge in [-0.2, -0.15) is 0 Å². The molecule has 9 nitrogen and oxygen atoms in total. The lowest BCUT2D eigenvalue weighted by molar-refractivity contribution is -0.140. The van der Waals surface area contributed by atoms with Gasteiger partial charge < -0.3 is 19.7 Å². The van der Waals surface area contributed by atoms with Crippen LogP contribution in [-0.4, -0.2) is 58.0 Å². The fourth-order valence-corrected chi connectivity index (χ4v) is 7.37. The fraction of sp³-hybridized carbons (Fsp3) is 0.412. The van der Waals surface area contributed by atoms with Gasteiger partial charge in [-0.15, -0.1) is 0 Å². The first kappa shape index (κ1) is 35.4. The maximum Gasteiger partial charge on any atom is 0.264 e. The SMILES string of the molecule is CC[C@@H](C(=O)NC1CCCCC1)N(Cc1ccc(Cl)c(Cl)c1)C(=O)CN(c1ccc(OC)c(OC)c1)S(=O)(=O)c1ccc(C)cc1. The van der Waals surface area contributed by atoms with Gasteiger partial charge in [0.15, 0.2) is 11.5 Å². The second-order valence-corrected chi connectivity index (χ2v) is 14.1. The van der Waals surface area contributed by atoms with Gasteiger partial charge in [-0.1, -0.05) is 73.2 Å². The zero-order chi connectivity index (χ0) is 33.4. The van der Waals surface area contributed by atoms with E-state index in [2.05, 4.69) is 5.32 Å². The largest absolute Gasteiger partial charge is 0.493 e. The van der Waals surface area contributed by atoms with E-state index in [0.717, 1.165) is 42.0 Å². The zero-order valence-corrected chi connectivity index (χ0v) is 28.9. The maximum absolute atomic E-state index is 14.4. The minimum Gasteiger partial charge on any atom is -0.493 e. The summed E-state index contributed by atoms with van der Waals surface area (Å²) in [6, 6.07) is 15.2. The average Bonchev–Trinajstić information content (AvgIpc) is 3.05. The molecule has 0 heterocycles. The third-order valence-corrected chi connectivity index (χ3v) is 10.7. The summed E-state index contributed by atoms with van der Waals surface area (Å²) in [7, 11) is -1.33. The number of hydrogen-bond donors (Lipinski definition) is 1. The highest BCUT2D eigenvalue weighted by Gasteiger charge is 2.35. The van der Waals surface area contributed by atoms with E-state index in [0.29, 0.717) is 33.5 Å². The predicted molar refractivity (Wildman–Crippen MR) is 181 cm³/mol. The Morgan fingerprint density at radius 3 is 2.20 bits per heavy atom. The first-order valence-corrected chi connectivity index (χ1v) is 17.5. The van der Waals surface area contributed by atoms with Crippen LogP contribution in [0.15, 0.2) is 65.6 Å². The van der Waals surface area contributed by atoms with Gasteiger partial charge in [0.25, 0.3) is 10.0 Å². The third kappa shape index (κ3) is 8.46. The Labute approximate surface area is 281 Å². The molecule has 3 aromatic rings. The summed E-state index contributed by atoms with van der Waals surface area (Å²) in [5, 5.41) is 3.80. The minimum atomic E-state index is -4.25. The average molecular weight is 691 g/mol. The molecule has 1 aliphatic rings. The number of anilines is 1. The molecule has 2 amide bonds. The summed E-state index contributed by atoms with van der Waals surface area (Å²) < 4.78 is 40.3. The molecule has 1 fully saturated rings. The van der Waals surface area contributed by atoms with Crippen LogP contribution in [0.5, 0.6) is 11.5 Å². The van der Waals surface area contributed by atoms with Crippen molar-refractivity contribution in [3.63, 3.8) is 0 Å². The Hall–Kier alpha value is -3.47. The number of carbonyl (C=O) groups is 2. The first-order chi connectivity index (χ1) is 22.0. The van der Waals surface area contributed by atoms with Crippen LogP contribution < -0.4 is 19.1 Å². The molecule has 12 heteroatoms. The summed E-state index contributed by atoms with van der Waals surface area (Å²) >= 11 is 12.5. The summed E-state index contributed by atoms with van der Waals surface area (Å²) in [5.41, 5.74) is 1.72. The number of nitrogens with one attached hydrogen (secondary N) is 1. The quantitative estimate of drug-likeness (QED) is 0.212. The number of aryl methyl sites for hydroxylation is 1. The number of methoxy groups -OCH3 is 2. The van der Waals surface area contributed by atoms with Gasteiger partial charge in [-0.3, -0.25) is 13.9 Å². The van der Waals surface area contributed by atoms with E-state index >= 15 is 0 Å². The van der Waals surface area contributed by atoms with Crippen molar-refractivity contribution in [2.45, 2.75) is 75.9 Å². The Kier molecular flexibility index (Phi) is 12.2. The van der Waals surface area contributed by atoms with Crippen molar-refractivity contribution in [2.24, 2.45) is 0 Å². The molecule has 0 spiro atoms. The van der Waals surface area contributed by atoms with Crippen molar-refractivity contribution < 1.29 is 27.5 Å². The minimum absolute atomic E-state index is 0.0106. The van der Waals surface area contributed by atoms with E-state index in [1.807, 2.05) is 13.8 Å². The van der Waals surface area contributed by atoms with Crippen LogP contribution in [0.25, 0.3) is 0 Å². The lowest BCUT2D eigenvalue weighted by atomic mass is 9.95. The lowest BCUT2D eigenvalue weighted by Gasteiger charge is -2.34. The number of nitrogens with zero attached hydrogens (tertiary/aromatic N) is 2. The van der Waals surface area contributed by atoms with Gasteiger partial charge >= 0.3 is 0 Å². The van der Waals surface area contributed by atoms with Crippen molar-refractivity contribution in [1.29, 1.82) is 0 Å². The molecule has 1 saturated carbocycles. The third-order valence-electron chi connectivity index (χ3n) is 8.22. The second-order valence-electron chi connectivity index (χ2n) is 11.4. The molecule has 0 unspecified atom stereocenters. The van der Waals surface area contributed by atoms with Crippen molar-refractivity contribution >= 4 is 50.7 Å². The molecular formula is C34H41Cl2N3O6S. The fourth-order valence-electron chi connectivity index (χ4n) is 5.64. The molecular weight excluding hydrogens is 649 g/mol. The van der Waals surface area contributed by atoms with Gasteiger partial charge in [-0.05, 0) is 68.1 Å². The van der Waals surface area contributed by atoms with E-state index in [9.17, 15) is 18.0 Å². The van der Waals surface area contributed by atoms with Gasteiger partial charge in [0.2, 0.25) is 11.8 Å². The van der Waals surface area contributed by atoms with Crippen LogP contribution in [-0.2, 0) is 26.2 Å². The molecule has 1 N–H and O–H groups in total. The van der Waals surface area contributed by atoms with Crippen LogP contribution >= 0.6 is 23.2 Å². The predicted octanol–water partition coefficient (Wildman–Crippen LogP) is 6.77. The molecule has 1 aliphatic carbocycles. The van der Waals surface area contributed by atoms with Crippen molar-refractivity contribution in [1.82, 2.24) is 10.2 Å². The summed E-state index contributed by atoms with van der Waals surface area (Å²) in [5.74, 6) is -0.150. The molecule has 1 atom stereocenters. The van der Waals surface area contributed by atoms with Gasteiger partial charge in [0.1, 0.15) is 12.6 Å². The molecule has 0 aromatic heterocycles. The number of ether oxygens (including phenoxy) is 2. The Bertz CT molecular complexity index is 1630. The molecule has 46 heavy (non-hydrogen) atoms. The van der Waals surface area contributed by atoms with Crippen molar-refractivity contribution in [3.8, 4) is 11.5 Å². The topological polar surface area (TPSA) is 105 Å². The smallest absolute Gasteiger partial charge is 0.264 e. The van der Waals surface area contributed by atoms with Crippen LogP contribution in [0.1, 0.15) is 56.6 Å². The number of carbonyl (C=O) groups excluding carboxylic acids is 2. The number of sulfonamides is 1. The number of halogens is 2. The van der Waals surface area contributed by atoms with E-state index in [1.165, 1.54) is 37.3 Å². The number of benzene rings is 3. The number of rotatable bonds is 13. The van der Waals surface area contributed by atoms with E-state index < -0.39 is 28.5 Å². The lowest BCUT2D eigenvalue weighted by Crippen LogP contribution is -2.54. The Morgan fingerprint density at radius 1 is 0.913 bits per heavy atom. The highest BCUT2D eigenvalue weighted by Crippen LogP contribution is 2.34. The maximum atomic E-state index is 14.4. The van der Waals surface area contributed by atoms with Crippen LogP contribution in [0.3, 0.4) is 0 Å². The summed E-state index contributed by atoms with van der Waals surface area (Å²) in [4.78, 5) is 29.6. The van der Waals surface area contributed by atoms with Gasteiger partial charge in [-0.25, -0.2) is 8.42 Å². The Balaban J connectivity index is 1.76. The molecule has 0 bridgehead atoms. The number of hydrogen-bond acceptors (Lipinski definition) is 6. The molecule has 0 saturated heterocycles. The van der Waals surface area contributed by atoms with E-state index in [-0.39, 0.29) is 29.1 Å². The van der Waals surface area contributed by atoms with Crippen LogP contribution in [0.2, 0.25) is 10.0 Å². The summed E-state index contributed by atoms with van der Waals surface area (Å²) in [6.07, 6.45) is 5.27. The van der Waals surface area contributed by atoms with Crippen LogP contribution in [0, 0.1) is 6.92 Å². The Morgan fingerprint density at radius 2 is 1.59 bits per heavy atom. The zero-order valence-electron chi connectivity index (χ0n) is 26.6. The van der Waals surface area contributed by atoms with Crippen LogP contribution in [0.4, 0.5) is 5.69 Å². The van der Waals surface area contributed by atoms with E-state index in [1.54, 1.807) is 42.5 Å². The molecule has 3 aromatic carbocycles.